The van der Waals surface area contributed by atoms with E-state index in [1.54, 1.807) is 0 Å². The van der Waals surface area contributed by atoms with Gasteiger partial charge in [-0.3, -0.25) is 0 Å². The van der Waals surface area contributed by atoms with Gasteiger partial charge >= 0.3 is 0 Å². The largest absolute Gasteiger partial charge is 0.399 e. The summed E-state index contributed by atoms with van der Waals surface area (Å²) in [6.07, 6.45) is 0.521. The average molecular weight is 276 g/mol. The number of nitrogen functional groups attached to an aromatic ring is 1. The molecule has 0 saturated carbocycles. The Morgan fingerprint density at radius 1 is 1.33 bits per heavy atom. The van der Waals surface area contributed by atoms with Gasteiger partial charge in [-0.1, -0.05) is 0 Å². The zero-order chi connectivity index (χ0) is 13.3. The molecular formula is C11H14F2N2O2S. The molecule has 1 saturated heterocycles. The van der Waals surface area contributed by atoms with Gasteiger partial charge in [-0.15, -0.1) is 0 Å². The first kappa shape index (κ1) is 13.1. The summed E-state index contributed by atoms with van der Waals surface area (Å²) in [5.74, 6) is -1.43. The van der Waals surface area contributed by atoms with Crippen molar-refractivity contribution in [3.8, 4) is 0 Å². The molecule has 1 fully saturated rings. The quantitative estimate of drug-likeness (QED) is 0.818. The van der Waals surface area contributed by atoms with Crippen molar-refractivity contribution < 1.29 is 17.2 Å². The zero-order valence-corrected chi connectivity index (χ0v) is 10.4. The molecule has 0 bridgehead atoms. The van der Waals surface area contributed by atoms with E-state index in [-0.39, 0.29) is 35.3 Å². The van der Waals surface area contributed by atoms with Crippen molar-refractivity contribution in [2.24, 2.45) is 5.92 Å². The SMILES string of the molecule is Nc1cc(F)c(NCC2CCS(=O)(=O)C2)c(F)c1. The molecule has 1 unspecified atom stereocenters. The van der Waals surface area contributed by atoms with Gasteiger partial charge in [0.25, 0.3) is 0 Å². The standard InChI is InChI=1S/C11H14F2N2O2S/c12-9-3-8(14)4-10(13)11(9)15-5-7-1-2-18(16,17)6-7/h3-4,7,15H,1-2,5-6,14H2. The Morgan fingerprint density at radius 2 is 1.94 bits per heavy atom. The van der Waals surface area contributed by atoms with E-state index < -0.39 is 21.5 Å². The van der Waals surface area contributed by atoms with E-state index in [1.807, 2.05) is 0 Å². The van der Waals surface area contributed by atoms with Crippen LogP contribution in [0.25, 0.3) is 0 Å². The van der Waals surface area contributed by atoms with E-state index in [1.165, 1.54) is 0 Å². The monoisotopic (exact) mass is 276 g/mol. The minimum atomic E-state index is -2.97. The highest BCUT2D eigenvalue weighted by atomic mass is 32.2. The molecule has 1 aliphatic heterocycles. The second kappa shape index (κ2) is 4.72. The maximum atomic E-state index is 13.4. The first-order valence-electron chi connectivity index (χ1n) is 5.56. The van der Waals surface area contributed by atoms with Crippen LogP contribution in [0.5, 0.6) is 0 Å². The van der Waals surface area contributed by atoms with Crippen LogP contribution >= 0.6 is 0 Å². The van der Waals surface area contributed by atoms with Gasteiger partial charge in [0.2, 0.25) is 0 Å². The molecule has 0 radical (unpaired) electrons. The van der Waals surface area contributed by atoms with E-state index in [4.69, 9.17) is 5.73 Å². The third-order valence-corrected chi connectivity index (χ3v) is 4.80. The van der Waals surface area contributed by atoms with Crippen LogP contribution in [0.15, 0.2) is 12.1 Å². The molecule has 4 nitrogen and oxygen atoms in total. The van der Waals surface area contributed by atoms with Crippen LogP contribution in [0.3, 0.4) is 0 Å². The van der Waals surface area contributed by atoms with Gasteiger partial charge in [-0.2, -0.15) is 0 Å². The lowest BCUT2D eigenvalue weighted by Crippen LogP contribution is -2.17. The Bertz CT molecular complexity index is 537. The van der Waals surface area contributed by atoms with Crippen LogP contribution in [0, 0.1) is 17.6 Å². The first-order chi connectivity index (χ1) is 8.37. The summed E-state index contributed by atoms with van der Waals surface area (Å²) in [6, 6.07) is 2.05. The fraction of sp³-hybridized carbons (Fsp3) is 0.455. The molecule has 1 aromatic rings. The molecule has 7 heteroatoms. The number of hydrogen-bond acceptors (Lipinski definition) is 4. The Labute approximate surface area is 104 Å². The summed E-state index contributed by atoms with van der Waals surface area (Å²) in [7, 11) is -2.97. The van der Waals surface area contributed by atoms with Crippen LogP contribution in [-0.2, 0) is 9.84 Å². The molecule has 2 rings (SSSR count). The number of nitrogens with two attached hydrogens (primary N) is 1. The highest BCUT2D eigenvalue weighted by molar-refractivity contribution is 7.91. The molecule has 18 heavy (non-hydrogen) atoms. The number of hydrogen-bond donors (Lipinski definition) is 2. The van der Waals surface area contributed by atoms with E-state index in [2.05, 4.69) is 5.32 Å². The number of sulfone groups is 1. The predicted octanol–water partition coefficient (Wildman–Crippen LogP) is 1.39. The van der Waals surface area contributed by atoms with Crippen molar-refractivity contribution in [1.29, 1.82) is 0 Å². The highest BCUT2D eigenvalue weighted by Crippen LogP contribution is 2.24. The molecular weight excluding hydrogens is 262 g/mol. The number of benzene rings is 1. The molecule has 1 atom stereocenters. The van der Waals surface area contributed by atoms with E-state index >= 15 is 0 Å². The van der Waals surface area contributed by atoms with Crippen LogP contribution in [-0.4, -0.2) is 26.5 Å². The minimum absolute atomic E-state index is 0.0130. The maximum Gasteiger partial charge on any atom is 0.151 e. The summed E-state index contributed by atoms with van der Waals surface area (Å²) < 4.78 is 49.3. The second-order valence-electron chi connectivity index (χ2n) is 4.51. The summed E-state index contributed by atoms with van der Waals surface area (Å²) in [5.41, 5.74) is 5.05. The van der Waals surface area contributed by atoms with E-state index in [0.29, 0.717) is 6.42 Å². The Kier molecular flexibility index (Phi) is 3.43. The van der Waals surface area contributed by atoms with E-state index in [0.717, 1.165) is 12.1 Å². The van der Waals surface area contributed by atoms with Crippen molar-refractivity contribution in [3.63, 3.8) is 0 Å². The molecule has 1 heterocycles. The van der Waals surface area contributed by atoms with Gasteiger partial charge in [0.15, 0.2) is 21.5 Å². The first-order valence-corrected chi connectivity index (χ1v) is 7.38. The van der Waals surface area contributed by atoms with Crippen molar-refractivity contribution in [1.82, 2.24) is 0 Å². The molecule has 0 aromatic heterocycles. The molecule has 0 aliphatic carbocycles. The molecule has 0 amide bonds. The average Bonchev–Trinajstić information content (AvgIpc) is 2.56. The Morgan fingerprint density at radius 3 is 2.44 bits per heavy atom. The highest BCUT2D eigenvalue weighted by Gasteiger charge is 2.27. The maximum absolute atomic E-state index is 13.4. The zero-order valence-electron chi connectivity index (χ0n) is 9.62. The van der Waals surface area contributed by atoms with Crippen molar-refractivity contribution in [2.45, 2.75) is 6.42 Å². The number of anilines is 2. The normalized spacial score (nSPS) is 22.0. The van der Waals surface area contributed by atoms with Gasteiger partial charge in [-0.05, 0) is 24.5 Å². The third-order valence-electron chi connectivity index (χ3n) is 2.96. The molecule has 3 N–H and O–H groups in total. The lowest BCUT2D eigenvalue weighted by molar-refractivity contribution is 0.576. The molecule has 1 aliphatic rings. The number of rotatable bonds is 3. The van der Waals surface area contributed by atoms with Crippen molar-refractivity contribution in [3.05, 3.63) is 23.8 Å². The second-order valence-corrected chi connectivity index (χ2v) is 6.74. The van der Waals surface area contributed by atoms with Gasteiger partial charge in [0, 0.05) is 12.2 Å². The minimum Gasteiger partial charge on any atom is -0.399 e. The van der Waals surface area contributed by atoms with Gasteiger partial charge in [0.1, 0.15) is 5.69 Å². The number of nitrogens with one attached hydrogen (secondary N) is 1. The van der Waals surface area contributed by atoms with Gasteiger partial charge in [0.05, 0.1) is 11.5 Å². The van der Waals surface area contributed by atoms with Crippen LogP contribution in [0.2, 0.25) is 0 Å². The lowest BCUT2D eigenvalue weighted by atomic mass is 10.1. The van der Waals surface area contributed by atoms with Crippen LogP contribution in [0.1, 0.15) is 6.42 Å². The Balaban J connectivity index is 2.03. The summed E-state index contributed by atoms with van der Waals surface area (Å²) >= 11 is 0. The summed E-state index contributed by atoms with van der Waals surface area (Å²) in [5, 5.41) is 2.62. The Hall–Kier alpha value is -1.37. The fourth-order valence-electron chi connectivity index (χ4n) is 2.04. The van der Waals surface area contributed by atoms with Crippen molar-refractivity contribution in [2.75, 3.05) is 29.1 Å². The van der Waals surface area contributed by atoms with Crippen molar-refractivity contribution >= 4 is 21.2 Å². The third kappa shape index (κ3) is 2.90. The topological polar surface area (TPSA) is 72.2 Å². The van der Waals surface area contributed by atoms with Crippen LogP contribution < -0.4 is 11.1 Å². The molecule has 0 spiro atoms. The predicted molar refractivity (Wildman–Crippen MR) is 66.0 cm³/mol. The summed E-state index contributed by atoms with van der Waals surface area (Å²) in [6.45, 7) is 0.233. The van der Waals surface area contributed by atoms with Gasteiger partial charge in [-0.25, -0.2) is 17.2 Å². The molecule has 100 valence electrons. The van der Waals surface area contributed by atoms with Crippen LogP contribution in [0.4, 0.5) is 20.2 Å². The van der Waals surface area contributed by atoms with E-state index in [9.17, 15) is 17.2 Å². The fourth-order valence-corrected chi connectivity index (χ4v) is 3.90. The number of halogens is 2. The van der Waals surface area contributed by atoms with Gasteiger partial charge < -0.3 is 11.1 Å². The smallest absolute Gasteiger partial charge is 0.151 e. The summed E-state index contributed by atoms with van der Waals surface area (Å²) in [4.78, 5) is 0. The molecule has 1 aromatic carbocycles. The lowest BCUT2D eigenvalue weighted by Gasteiger charge is -2.12.